The molecule has 0 aliphatic carbocycles. The monoisotopic (exact) mass is 461 g/mol. The molecule has 6 nitrogen and oxygen atoms in total. The molecule has 31 heavy (non-hydrogen) atoms. The number of carbonyl (C=O) groups is 1. The highest BCUT2D eigenvalue weighted by molar-refractivity contribution is 7.92. The summed E-state index contributed by atoms with van der Waals surface area (Å²) in [6, 6.07) is 4.10. The first-order valence-corrected chi connectivity index (χ1v) is 11.0. The predicted octanol–water partition coefficient (Wildman–Crippen LogP) is 3.15. The van der Waals surface area contributed by atoms with E-state index in [4.69, 9.17) is 0 Å². The smallest absolute Gasteiger partial charge is 0.318 e. The molecule has 1 saturated heterocycles. The van der Waals surface area contributed by atoms with Crippen molar-refractivity contribution in [3.05, 3.63) is 58.4 Å². The molecule has 0 N–H and O–H groups in total. The highest BCUT2D eigenvalue weighted by Crippen LogP contribution is 2.34. The van der Waals surface area contributed by atoms with E-state index in [1.165, 1.54) is 9.21 Å². The molecule has 0 atom stereocenters. The van der Waals surface area contributed by atoms with Crippen LogP contribution in [0.3, 0.4) is 0 Å². The van der Waals surface area contributed by atoms with Crippen LogP contribution in [-0.2, 0) is 23.0 Å². The average molecular weight is 461 g/mol. The van der Waals surface area contributed by atoms with Crippen molar-refractivity contribution in [2.45, 2.75) is 13.0 Å². The molecule has 4 rings (SSSR count). The summed E-state index contributed by atoms with van der Waals surface area (Å²) in [6.07, 6.45) is 1.55. The van der Waals surface area contributed by atoms with Gasteiger partial charge in [0.25, 0.3) is 0 Å². The van der Waals surface area contributed by atoms with E-state index in [0.29, 0.717) is 23.4 Å². The third-order valence-corrected chi connectivity index (χ3v) is 6.55. The topological polar surface area (TPSA) is 60.9 Å². The zero-order valence-corrected chi connectivity index (χ0v) is 16.9. The molecule has 12 heteroatoms. The van der Waals surface area contributed by atoms with Crippen LogP contribution in [0.4, 0.5) is 38.1 Å². The van der Waals surface area contributed by atoms with Crippen LogP contribution in [0, 0.1) is 29.1 Å². The largest absolute Gasteiger partial charge is 0.324 e. The SMILES string of the molecule is CS(=O)(=O)N1CCc2cc(N3CCN(Cc4c(F)c(F)c(F)c(F)c4F)C3=O)ccc21. The standard InChI is InChI=1S/C19H16F5N3O3S/c1-31(29,30)27-5-4-10-8-11(2-3-13(10)27)26-7-6-25(19(26)28)9-12-14(20)16(22)18(24)17(23)15(12)21/h2-3,8H,4-7,9H2,1H3. The van der Waals surface area contributed by atoms with E-state index in [-0.39, 0.29) is 19.6 Å². The van der Waals surface area contributed by atoms with Gasteiger partial charge in [-0.2, -0.15) is 0 Å². The summed E-state index contributed by atoms with van der Waals surface area (Å²) < 4.78 is 93.0. The second-order valence-electron chi connectivity index (χ2n) is 7.30. The van der Waals surface area contributed by atoms with Gasteiger partial charge in [-0.1, -0.05) is 0 Å². The number of benzene rings is 2. The Morgan fingerprint density at radius 3 is 2.13 bits per heavy atom. The number of hydrogen-bond acceptors (Lipinski definition) is 3. The second kappa shape index (κ2) is 7.36. The molecule has 0 saturated carbocycles. The van der Waals surface area contributed by atoms with Crippen molar-refractivity contribution in [3.8, 4) is 0 Å². The van der Waals surface area contributed by atoms with E-state index < -0.39 is 57.2 Å². The fourth-order valence-electron chi connectivity index (χ4n) is 3.82. The number of hydrogen-bond donors (Lipinski definition) is 0. The Balaban J connectivity index is 1.58. The van der Waals surface area contributed by atoms with Crippen LogP contribution in [0.15, 0.2) is 18.2 Å². The number of urea groups is 1. The van der Waals surface area contributed by atoms with Gasteiger partial charge in [0.2, 0.25) is 15.8 Å². The maximum absolute atomic E-state index is 14.0. The van der Waals surface area contributed by atoms with Gasteiger partial charge in [-0.15, -0.1) is 0 Å². The van der Waals surface area contributed by atoms with Gasteiger partial charge in [-0.25, -0.2) is 35.2 Å². The third kappa shape index (κ3) is 3.48. The molecule has 0 bridgehead atoms. The summed E-state index contributed by atoms with van der Waals surface area (Å²) in [7, 11) is -3.43. The van der Waals surface area contributed by atoms with E-state index in [9.17, 15) is 35.2 Å². The third-order valence-electron chi connectivity index (χ3n) is 5.37. The first kappa shape index (κ1) is 21.3. The lowest BCUT2D eigenvalue weighted by Crippen LogP contribution is -2.32. The summed E-state index contributed by atoms with van der Waals surface area (Å²) in [5.41, 5.74) is 0.591. The zero-order chi connectivity index (χ0) is 22.7. The van der Waals surface area contributed by atoms with Gasteiger partial charge in [-0.05, 0) is 30.2 Å². The van der Waals surface area contributed by atoms with Gasteiger partial charge in [0.1, 0.15) is 0 Å². The molecule has 0 radical (unpaired) electrons. The van der Waals surface area contributed by atoms with Crippen molar-refractivity contribution in [3.63, 3.8) is 0 Å². The molecule has 166 valence electrons. The van der Waals surface area contributed by atoms with Crippen LogP contribution >= 0.6 is 0 Å². The lowest BCUT2D eigenvalue weighted by molar-refractivity contribution is 0.216. The molecule has 2 aromatic carbocycles. The Labute approximate surface area is 174 Å². The second-order valence-corrected chi connectivity index (χ2v) is 9.21. The summed E-state index contributed by atoms with van der Waals surface area (Å²) >= 11 is 0. The quantitative estimate of drug-likeness (QED) is 0.399. The Kier molecular flexibility index (Phi) is 5.07. The first-order chi connectivity index (χ1) is 14.5. The lowest BCUT2D eigenvalue weighted by atomic mass is 10.1. The normalized spacial score (nSPS) is 16.5. The van der Waals surface area contributed by atoms with Crippen LogP contribution in [0.2, 0.25) is 0 Å². The molecule has 1 fully saturated rings. The Hall–Kier alpha value is -2.89. The van der Waals surface area contributed by atoms with Crippen molar-refractivity contribution in [2.75, 3.05) is 35.1 Å². The van der Waals surface area contributed by atoms with E-state index >= 15 is 0 Å². The number of amides is 2. The fraction of sp³-hybridized carbons (Fsp3) is 0.316. The molecular formula is C19H16F5N3O3S. The van der Waals surface area contributed by atoms with Crippen molar-refractivity contribution in [2.24, 2.45) is 0 Å². The van der Waals surface area contributed by atoms with Gasteiger partial charge in [0, 0.05) is 30.9 Å². The molecule has 2 amide bonds. The molecule has 0 unspecified atom stereocenters. The number of anilines is 2. The van der Waals surface area contributed by atoms with Crippen molar-refractivity contribution in [1.82, 2.24) is 4.90 Å². The fourth-order valence-corrected chi connectivity index (χ4v) is 4.78. The van der Waals surface area contributed by atoms with Gasteiger partial charge in [-0.3, -0.25) is 9.21 Å². The summed E-state index contributed by atoms with van der Waals surface area (Å²) in [4.78, 5) is 15.0. The minimum atomic E-state index is -3.43. The number of carbonyl (C=O) groups excluding carboxylic acids is 1. The van der Waals surface area contributed by atoms with E-state index in [0.717, 1.165) is 11.2 Å². The van der Waals surface area contributed by atoms with Gasteiger partial charge in [0.15, 0.2) is 23.3 Å². The molecule has 2 aliphatic heterocycles. The van der Waals surface area contributed by atoms with Crippen LogP contribution < -0.4 is 9.21 Å². The Morgan fingerprint density at radius 2 is 1.52 bits per heavy atom. The maximum Gasteiger partial charge on any atom is 0.324 e. The van der Waals surface area contributed by atoms with Crippen LogP contribution in [0.1, 0.15) is 11.1 Å². The summed E-state index contributed by atoms with van der Waals surface area (Å²) in [5, 5.41) is 0. The van der Waals surface area contributed by atoms with Crippen molar-refractivity contribution in [1.29, 1.82) is 0 Å². The van der Waals surface area contributed by atoms with E-state index in [1.54, 1.807) is 18.2 Å². The zero-order valence-electron chi connectivity index (χ0n) is 16.1. The van der Waals surface area contributed by atoms with Gasteiger partial charge >= 0.3 is 6.03 Å². The summed E-state index contributed by atoms with van der Waals surface area (Å²) in [5.74, 6) is -10.3. The molecule has 0 aromatic heterocycles. The Bertz CT molecular complexity index is 1180. The molecule has 0 spiro atoms. The van der Waals surface area contributed by atoms with Crippen molar-refractivity contribution >= 4 is 27.4 Å². The Morgan fingerprint density at radius 1 is 0.903 bits per heavy atom. The maximum atomic E-state index is 14.0. The summed E-state index contributed by atoms with van der Waals surface area (Å²) in [6.45, 7) is -0.375. The minimum absolute atomic E-state index is 0.00484. The number of sulfonamides is 1. The molecule has 2 aliphatic rings. The number of rotatable bonds is 4. The minimum Gasteiger partial charge on any atom is -0.318 e. The molecular weight excluding hydrogens is 445 g/mol. The average Bonchev–Trinajstić information content (AvgIpc) is 3.31. The van der Waals surface area contributed by atoms with Crippen molar-refractivity contribution < 1.29 is 35.2 Å². The van der Waals surface area contributed by atoms with Gasteiger partial charge < -0.3 is 4.90 Å². The van der Waals surface area contributed by atoms with Gasteiger partial charge in [0.05, 0.1) is 18.5 Å². The van der Waals surface area contributed by atoms with Crippen LogP contribution in [0.5, 0.6) is 0 Å². The van der Waals surface area contributed by atoms with Crippen LogP contribution in [0.25, 0.3) is 0 Å². The first-order valence-electron chi connectivity index (χ1n) is 9.18. The highest BCUT2D eigenvalue weighted by atomic mass is 32.2. The predicted molar refractivity (Wildman–Crippen MR) is 102 cm³/mol. The number of nitrogens with zero attached hydrogens (tertiary/aromatic N) is 3. The van der Waals surface area contributed by atoms with E-state index in [1.807, 2.05) is 0 Å². The molecule has 2 aromatic rings. The van der Waals surface area contributed by atoms with Crippen LogP contribution in [-0.4, -0.2) is 45.2 Å². The van der Waals surface area contributed by atoms with E-state index in [2.05, 4.69) is 0 Å². The number of fused-ring (bicyclic) bond motifs is 1. The lowest BCUT2D eigenvalue weighted by Gasteiger charge is -2.21. The molecule has 2 heterocycles. The number of halogens is 5. The highest BCUT2D eigenvalue weighted by Gasteiger charge is 2.34.